The first-order valence-electron chi connectivity index (χ1n) is 8.24. The molecule has 3 rings (SSSR count). The molecule has 1 aliphatic rings. The van der Waals surface area contributed by atoms with Crippen molar-refractivity contribution in [1.82, 2.24) is 10.3 Å². The number of carbonyl (C=O) groups excluding carboxylic acids is 1. The summed E-state index contributed by atoms with van der Waals surface area (Å²) in [5, 5.41) is 12.5. The van der Waals surface area contributed by atoms with Crippen molar-refractivity contribution in [3.8, 4) is 0 Å². The van der Waals surface area contributed by atoms with Gasteiger partial charge in [-0.25, -0.2) is 4.98 Å². The minimum absolute atomic E-state index is 0.117. The number of alkyl halides is 3. The van der Waals surface area contributed by atoms with Gasteiger partial charge < -0.3 is 10.4 Å². The van der Waals surface area contributed by atoms with Crippen molar-refractivity contribution in [3.05, 3.63) is 29.3 Å². The summed E-state index contributed by atoms with van der Waals surface area (Å²) in [6.07, 6.45) is -1.57. The molecule has 2 aromatic rings. The van der Waals surface area contributed by atoms with Gasteiger partial charge >= 0.3 is 6.18 Å². The zero-order valence-corrected chi connectivity index (χ0v) is 14.3. The van der Waals surface area contributed by atoms with Crippen LogP contribution in [0.25, 0.3) is 10.2 Å². The number of thiazole rings is 1. The Balaban J connectivity index is 1.84. The lowest BCUT2D eigenvalue weighted by molar-refractivity contribution is -0.267. The number of amides is 1. The maximum atomic E-state index is 13.6. The number of halogens is 3. The Labute approximate surface area is 147 Å². The molecule has 136 valence electrons. The fourth-order valence-electron chi connectivity index (χ4n) is 3.10. The molecule has 1 aromatic carbocycles. The highest BCUT2D eigenvalue weighted by Crippen LogP contribution is 2.44. The van der Waals surface area contributed by atoms with Crippen molar-refractivity contribution in [2.75, 3.05) is 0 Å². The molecule has 2 N–H and O–H groups in total. The summed E-state index contributed by atoms with van der Waals surface area (Å²) in [5.41, 5.74) is -2.91. The van der Waals surface area contributed by atoms with E-state index in [2.05, 4.69) is 10.3 Å². The molecule has 0 radical (unpaired) electrons. The minimum Gasteiger partial charge on any atom is -0.374 e. The zero-order chi connectivity index (χ0) is 18.1. The summed E-state index contributed by atoms with van der Waals surface area (Å²) in [7, 11) is 0. The van der Waals surface area contributed by atoms with Crippen LogP contribution in [0.15, 0.2) is 24.3 Å². The number of aromatic nitrogens is 1. The normalized spacial score (nSPS) is 18.9. The maximum Gasteiger partial charge on any atom is 0.424 e. The molecular formula is C17H19F3N2O2S. The van der Waals surface area contributed by atoms with Crippen molar-refractivity contribution < 1.29 is 23.1 Å². The van der Waals surface area contributed by atoms with Gasteiger partial charge in [0.1, 0.15) is 5.01 Å². The average Bonchev–Trinajstić information content (AvgIpc) is 2.99. The second-order valence-corrected chi connectivity index (χ2v) is 7.45. The second kappa shape index (κ2) is 6.92. The largest absolute Gasteiger partial charge is 0.424 e. The van der Waals surface area contributed by atoms with E-state index >= 15 is 0 Å². The molecule has 0 unspecified atom stereocenters. The van der Waals surface area contributed by atoms with Crippen molar-refractivity contribution >= 4 is 27.5 Å². The van der Waals surface area contributed by atoms with E-state index in [4.69, 9.17) is 0 Å². The molecule has 1 saturated carbocycles. The molecular weight excluding hydrogens is 353 g/mol. The van der Waals surface area contributed by atoms with Crippen molar-refractivity contribution in [2.45, 2.75) is 56.3 Å². The van der Waals surface area contributed by atoms with Gasteiger partial charge in [0.25, 0.3) is 0 Å². The number of fused-ring (bicyclic) bond motifs is 1. The second-order valence-electron chi connectivity index (χ2n) is 6.42. The van der Waals surface area contributed by atoms with Crippen molar-refractivity contribution in [2.24, 2.45) is 0 Å². The predicted octanol–water partition coefficient (Wildman–Crippen LogP) is 3.89. The standard InChI is InChI=1S/C17H19F3N2O2S/c18-17(19,20)16(24,10-14(23)21-11-6-2-1-3-7-11)15-22-12-8-4-5-9-13(12)25-15/h4-5,8-9,11,24H,1-3,6-7,10H2,(H,21,23)/t16-/m1/s1. The molecule has 8 heteroatoms. The van der Waals surface area contributed by atoms with E-state index in [-0.39, 0.29) is 6.04 Å². The Morgan fingerprint density at radius 3 is 2.56 bits per heavy atom. The van der Waals surface area contributed by atoms with E-state index < -0.39 is 29.1 Å². The SMILES string of the molecule is O=C(C[C@@](O)(c1nc2ccccc2s1)C(F)(F)F)NC1CCCCC1. The van der Waals surface area contributed by atoms with Crippen LogP contribution in [0.3, 0.4) is 0 Å². The van der Waals surface area contributed by atoms with E-state index in [0.29, 0.717) is 10.2 Å². The summed E-state index contributed by atoms with van der Waals surface area (Å²) >= 11 is 0.758. The summed E-state index contributed by atoms with van der Waals surface area (Å²) in [5.74, 6) is -0.800. The molecule has 25 heavy (non-hydrogen) atoms. The molecule has 0 spiro atoms. The van der Waals surface area contributed by atoms with Crippen LogP contribution in [0.5, 0.6) is 0 Å². The highest BCUT2D eigenvalue weighted by atomic mass is 32.1. The number of aliphatic hydroxyl groups is 1. The molecule has 4 nitrogen and oxygen atoms in total. The monoisotopic (exact) mass is 372 g/mol. The van der Waals surface area contributed by atoms with E-state index in [0.717, 1.165) is 43.4 Å². The lowest BCUT2D eigenvalue weighted by Crippen LogP contribution is -2.47. The first-order valence-corrected chi connectivity index (χ1v) is 9.06. The minimum atomic E-state index is -5.00. The van der Waals surface area contributed by atoms with Crippen molar-refractivity contribution in [3.63, 3.8) is 0 Å². The van der Waals surface area contributed by atoms with Gasteiger partial charge in [0.2, 0.25) is 11.5 Å². The van der Waals surface area contributed by atoms with Crippen LogP contribution < -0.4 is 5.32 Å². The number of nitrogens with one attached hydrogen (secondary N) is 1. The van der Waals surface area contributed by atoms with Crippen LogP contribution >= 0.6 is 11.3 Å². The van der Waals surface area contributed by atoms with Gasteiger partial charge in [-0.1, -0.05) is 31.4 Å². The molecule has 0 saturated heterocycles. The van der Waals surface area contributed by atoms with Gasteiger partial charge in [-0.3, -0.25) is 4.79 Å². The quantitative estimate of drug-likeness (QED) is 0.856. The number of hydrogen-bond donors (Lipinski definition) is 2. The maximum absolute atomic E-state index is 13.6. The summed E-state index contributed by atoms with van der Waals surface area (Å²) in [6.45, 7) is 0. The van der Waals surface area contributed by atoms with Gasteiger partial charge in [0.05, 0.1) is 16.6 Å². The number of benzene rings is 1. The van der Waals surface area contributed by atoms with E-state index in [1.807, 2.05) is 0 Å². The van der Waals surface area contributed by atoms with Gasteiger partial charge in [-0.05, 0) is 25.0 Å². The number of para-hydroxylation sites is 1. The van der Waals surface area contributed by atoms with Gasteiger partial charge in [0, 0.05) is 6.04 Å². The first-order chi connectivity index (χ1) is 11.8. The van der Waals surface area contributed by atoms with Crippen LogP contribution in [0.4, 0.5) is 13.2 Å². The smallest absolute Gasteiger partial charge is 0.374 e. The summed E-state index contributed by atoms with van der Waals surface area (Å²) in [6, 6.07) is 6.44. The molecule has 1 aromatic heterocycles. The molecule has 1 aliphatic carbocycles. The Morgan fingerprint density at radius 1 is 1.24 bits per heavy atom. The number of carbonyl (C=O) groups is 1. The first kappa shape index (κ1) is 18.1. The van der Waals surface area contributed by atoms with Crippen LogP contribution in [-0.4, -0.2) is 28.2 Å². The van der Waals surface area contributed by atoms with Gasteiger partial charge in [0.15, 0.2) is 0 Å². The highest BCUT2D eigenvalue weighted by molar-refractivity contribution is 7.18. The molecule has 1 fully saturated rings. The number of rotatable bonds is 4. The topological polar surface area (TPSA) is 62.2 Å². The summed E-state index contributed by atoms with van der Waals surface area (Å²) < 4.78 is 41.3. The zero-order valence-electron chi connectivity index (χ0n) is 13.5. The number of hydrogen-bond acceptors (Lipinski definition) is 4. The van der Waals surface area contributed by atoms with Gasteiger partial charge in [-0.2, -0.15) is 13.2 Å². The van der Waals surface area contributed by atoms with E-state index in [9.17, 15) is 23.1 Å². The van der Waals surface area contributed by atoms with Crippen LogP contribution in [-0.2, 0) is 10.4 Å². The fourth-order valence-corrected chi connectivity index (χ4v) is 4.18. The average molecular weight is 372 g/mol. The van der Waals surface area contributed by atoms with Gasteiger partial charge in [-0.15, -0.1) is 11.3 Å². The Bertz CT molecular complexity index is 723. The number of nitrogens with zero attached hydrogens (tertiary/aromatic N) is 1. The lowest BCUT2D eigenvalue weighted by Gasteiger charge is -2.29. The molecule has 1 atom stereocenters. The van der Waals surface area contributed by atoms with Crippen LogP contribution in [0, 0.1) is 0 Å². The Kier molecular flexibility index (Phi) is 5.02. The Hall–Kier alpha value is -1.67. The summed E-state index contributed by atoms with van der Waals surface area (Å²) in [4.78, 5) is 16.1. The molecule has 0 aliphatic heterocycles. The molecule has 0 bridgehead atoms. The van der Waals surface area contributed by atoms with Crippen LogP contribution in [0.2, 0.25) is 0 Å². The molecule has 1 heterocycles. The van der Waals surface area contributed by atoms with Crippen LogP contribution in [0.1, 0.15) is 43.5 Å². The highest BCUT2D eigenvalue weighted by Gasteiger charge is 2.58. The predicted molar refractivity (Wildman–Crippen MR) is 89.2 cm³/mol. The lowest BCUT2D eigenvalue weighted by atomic mass is 9.94. The molecule has 1 amide bonds. The van der Waals surface area contributed by atoms with Crippen molar-refractivity contribution in [1.29, 1.82) is 0 Å². The third-order valence-electron chi connectivity index (χ3n) is 4.50. The third-order valence-corrected chi connectivity index (χ3v) is 5.69. The Morgan fingerprint density at radius 2 is 1.92 bits per heavy atom. The van der Waals surface area contributed by atoms with E-state index in [1.54, 1.807) is 24.3 Å². The van der Waals surface area contributed by atoms with E-state index in [1.165, 1.54) is 0 Å². The third kappa shape index (κ3) is 3.79. The fraction of sp³-hybridized carbons (Fsp3) is 0.529.